The second-order valence-electron chi connectivity index (χ2n) is 24.6. The summed E-state index contributed by atoms with van der Waals surface area (Å²) in [4.78, 5) is 70.9. The molecule has 5 aromatic rings. The minimum Gasteiger partial charge on any atom is -0.455 e. The van der Waals surface area contributed by atoms with Crippen molar-refractivity contribution in [3.8, 4) is 5.75 Å². The molecule has 4 aliphatic heterocycles. The third-order valence-electron chi connectivity index (χ3n) is 15.7. The van der Waals surface area contributed by atoms with Crippen LogP contribution in [-0.2, 0) is 32.0 Å². The maximum absolute atomic E-state index is 13.1. The fourth-order valence-corrected chi connectivity index (χ4v) is 10.3. The van der Waals surface area contributed by atoms with Gasteiger partial charge in [0.1, 0.15) is 17.0 Å². The number of hydrogen-bond acceptors (Lipinski definition) is 18. The summed E-state index contributed by atoms with van der Waals surface area (Å²) in [6.45, 7) is 32.0. The number of carbonyl (C=O) groups excluding carboxylic acids is 4. The van der Waals surface area contributed by atoms with Crippen LogP contribution in [0.3, 0.4) is 0 Å². The van der Waals surface area contributed by atoms with Crippen LogP contribution in [0.1, 0.15) is 124 Å². The lowest BCUT2D eigenvalue weighted by atomic mass is 9.87. The van der Waals surface area contributed by atoms with E-state index in [4.69, 9.17) is 23.7 Å². The monoisotopic (exact) mass is 1160 g/mol. The molecule has 22 heteroatoms. The van der Waals surface area contributed by atoms with Crippen LogP contribution in [0.2, 0.25) is 0 Å². The fraction of sp³-hybridized carbons (Fsp3) is 0.548. The Bertz CT molecular complexity index is 3030. The number of aryl methyl sites for hydroxylation is 2. The number of hydrogen-bond donors (Lipinski definition) is 1. The molecule has 0 atom stereocenters. The number of aromatic nitrogens is 4. The Morgan fingerprint density at radius 1 is 0.631 bits per heavy atom. The van der Waals surface area contributed by atoms with Gasteiger partial charge in [-0.25, -0.2) is 19.2 Å². The zero-order valence-corrected chi connectivity index (χ0v) is 51.3. The maximum atomic E-state index is 13.1. The zero-order valence-electron chi connectivity index (χ0n) is 51.3. The summed E-state index contributed by atoms with van der Waals surface area (Å²) in [6, 6.07) is 21.3. The summed E-state index contributed by atoms with van der Waals surface area (Å²) >= 11 is 0. The Hall–Kier alpha value is -7.24. The number of ether oxygens (including phenoxy) is 5. The lowest BCUT2D eigenvalue weighted by Crippen LogP contribution is -2.53. The van der Waals surface area contributed by atoms with Gasteiger partial charge in [-0.3, -0.25) is 19.9 Å². The topological polar surface area (TPSA) is 221 Å². The van der Waals surface area contributed by atoms with Crippen molar-refractivity contribution in [2.24, 2.45) is 0 Å². The van der Waals surface area contributed by atoms with E-state index in [1.165, 1.54) is 99.9 Å². The summed E-state index contributed by atoms with van der Waals surface area (Å²) in [5.41, 5.74) is 7.02. The second kappa shape index (κ2) is 28.1. The average Bonchev–Trinajstić information content (AvgIpc) is 3.29. The number of non-ortho nitro benzene ring substituents is 1. The van der Waals surface area contributed by atoms with Crippen LogP contribution in [0.15, 0.2) is 85.2 Å². The van der Waals surface area contributed by atoms with Crippen molar-refractivity contribution >= 4 is 41.1 Å². The van der Waals surface area contributed by atoms with Gasteiger partial charge in [-0.2, -0.15) is 19.6 Å². The number of amides is 1. The van der Waals surface area contributed by atoms with Gasteiger partial charge in [0.05, 0.1) is 31.4 Å². The van der Waals surface area contributed by atoms with E-state index in [0.717, 1.165) is 96.3 Å². The molecule has 0 radical (unpaired) electrons. The highest BCUT2D eigenvalue weighted by Crippen LogP contribution is 2.33. The summed E-state index contributed by atoms with van der Waals surface area (Å²) < 4.78 is 28.7. The molecule has 0 bridgehead atoms. The summed E-state index contributed by atoms with van der Waals surface area (Å²) in [6.07, 6.45) is 6.09. The van der Waals surface area contributed by atoms with Crippen molar-refractivity contribution in [3.63, 3.8) is 0 Å². The third-order valence-corrected chi connectivity index (χ3v) is 15.7. The molecule has 3 aromatic carbocycles. The smallest absolute Gasteiger partial charge is 0.440 e. The SMILES string of the molecule is CC(C)(C)OC(=O)c1ccn(C(=O)Oc2ccc([N+](=O)[O-])cc2)n1.Cc1ccc(CN(C)C2(C)CCN(C(=O)n3ccc(C(=O)OC(C)(C)C)n3)CC2)c(N2CCOCC2)c1.Cc1ccc(CN(C)C2(C)CCNCC2)c(N2CCOCC2)c1. The number of likely N-dealkylation sites (tertiary alicyclic amines) is 1. The van der Waals surface area contributed by atoms with E-state index in [1.807, 2.05) is 4.90 Å². The van der Waals surface area contributed by atoms with Crippen molar-refractivity contribution in [2.45, 2.75) is 130 Å². The fourth-order valence-electron chi connectivity index (χ4n) is 10.3. The molecule has 4 fully saturated rings. The van der Waals surface area contributed by atoms with Crippen LogP contribution in [0.4, 0.5) is 26.7 Å². The lowest BCUT2D eigenvalue weighted by molar-refractivity contribution is -0.384. The summed E-state index contributed by atoms with van der Waals surface area (Å²) in [7, 11) is 4.47. The molecule has 2 aromatic heterocycles. The number of piperidine rings is 2. The van der Waals surface area contributed by atoms with Crippen LogP contribution >= 0.6 is 0 Å². The predicted molar refractivity (Wildman–Crippen MR) is 321 cm³/mol. The van der Waals surface area contributed by atoms with E-state index in [1.54, 1.807) is 41.5 Å². The first-order chi connectivity index (χ1) is 39.7. The molecule has 0 saturated carbocycles. The van der Waals surface area contributed by atoms with Gasteiger partial charge < -0.3 is 43.7 Å². The molecule has 9 rings (SSSR count). The van der Waals surface area contributed by atoms with E-state index in [-0.39, 0.29) is 34.4 Å². The van der Waals surface area contributed by atoms with Crippen molar-refractivity contribution in [1.29, 1.82) is 0 Å². The van der Waals surface area contributed by atoms with Crippen LogP contribution < -0.4 is 19.9 Å². The molecular weight excluding hydrogens is 1070 g/mol. The quantitative estimate of drug-likeness (QED) is 0.0699. The second-order valence-corrected chi connectivity index (χ2v) is 24.6. The number of nitrogens with one attached hydrogen (secondary N) is 1. The number of nitro groups is 1. The van der Waals surface area contributed by atoms with Crippen LogP contribution in [0.5, 0.6) is 5.75 Å². The van der Waals surface area contributed by atoms with Crippen molar-refractivity contribution in [1.82, 2.24) is 39.6 Å². The first-order valence-electron chi connectivity index (χ1n) is 29.0. The van der Waals surface area contributed by atoms with E-state index in [0.29, 0.717) is 18.6 Å². The first-order valence-corrected chi connectivity index (χ1v) is 29.0. The standard InChI is InChI=1S/C28H41N5O4.C19H31N3O.C15H15N3O6/c1-21-7-8-22(24(19-21)31-15-17-36-18-16-31)20-30(6)28(5)10-13-32(14-11-28)26(35)33-12-9-23(29-33)25(34)37-27(2,3)4;1-16-4-5-17(18(14-16)22-10-12-23-13-11-22)15-21(3)19(2)6-8-20-9-7-19;1-15(2,3)24-13(19)12-8-9-17(16-12)14(20)23-11-6-4-10(5-7-11)18(21)22/h7-9,12,19H,10-11,13-18,20H2,1-6H3;4-5,14,20H,6-13,15H2,1-3H3;4-9H,1-3H3. The normalized spacial score (nSPS) is 17.1. The van der Waals surface area contributed by atoms with Crippen LogP contribution in [-0.4, -0.2) is 178 Å². The summed E-state index contributed by atoms with van der Waals surface area (Å²) in [5.74, 6) is -1.08. The average molecular weight is 1160 g/mol. The number of nitro benzene ring substituents is 1. The van der Waals surface area contributed by atoms with Gasteiger partial charge in [-0.05, 0) is 181 Å². The number of nitrogens with zero attached hydrogens (tertiary/aromatic N) is 10. The molecule has 0 unspecified atom stereocenters. The highest BCUT2D eigenvalue weighted by molar-refractivity contribution is 5.89. The largest absolute Gasteiger partial charge is 0.455 e. The Morgan fingerprint density at radius 3 is 1.50 bits per heavy atom. The number of morpholine rings is 2. The molecule has 22 nitrogen and oxygen atoms in total. The molecule has 1 amide bonds. The summed E-state index contributed by atoms with van der Waals surface area (Å²) in [5, 5.41) is 22.0. The predicted octanol–water partition coefficient (Wildman–Crippen LogP) is 9.14. The highest BCUT2D eigenvalue weighted by Gasteiger charge is 2.37. The molecule has 84 heavy (non-hydrogen) atoms. The first kappa shape index (κ1) is 64.3. The van der Waals surface area contributed by atoms with E-state index in [9.17, 15) is 29.3 Å². The number of esters is 2. The molecule has 456 valence electrons. The maximum Gasteiger partial charge on any atom is 0.440 e. The Labute approximate surface area is 494 Å². The minimum absolute atomic E-state index is 0.0320. The Balaban J connectivity index is 0.000000189. The number of rotatable bonds is 12. The van der Waals surface area contributed by atoms with Crippen molar-refractivity contribution < 1.29 is 47.8 Å². The van der Waals surface area contributed by atoms with Crippen molar-refractivity contribution in [3.05, 3.63) is 129 Å². The number of carbonyl (C=O) groups is 4. The zero-order chi connectivity index (χ0) is 61.0. The molecule has 4 saturated heterocycles. The van der Waals surface area contributed by atoms with E-state index < -0.39 is 34.2 Å². The van der Waals surface area contributed by atoms with Gasteiger partial charge in [0, 0.05) is 99.3 Å². The third kappa shape index (κ3) is 17.9. The van der Waals surface area contributed by atoms with Crippen molar-refractivity contribution in [2.75, 3.05) is 103 Å². The molecule has 1 N–H and O–H groups in total. The van der Waals surface area contributed by atoms with Gasteiger partial charge in [-0.1, -0.05) is 24.3 Å². The van der Waals surface area contributed by atoms with Gasteiger partial charge >= 0.3 is 24.1 Å². The van der Waals surface area contributed by atoms with Gasteiger partial charge in [0.2, 0.25) is 0 Å². The van der Waals surface area contributed by atoms with E-state index in [2.05, 4.69) is 113 Å². The number of anilines is 2. The molecule has 6 heterocycles. The van der Waals surface area contributed by atoms with Gasteiger partial charge in [-0.15, -0.1) is 0 Å². The van der Waals surface area contributed by atoms with Crippen LogP contribution in [0, 0.1) is 24.0 Å². The van der Waals surface area contributed by atoms with Gasteiger partial charge in [0.15, 0.2) is 11.4 Å². The minimum atomic E-state index is -0.862. The van der Waals surface area contributed by atoms with Crippen LogP contribution in [0.25, 0.3) is 0 Å². The van der Waals surface area contributed by atoms with E-state index >= 15 is 0 Å². The Morgan fingerprint density at radius 2 is 1.06 bits per heavy atom. The molecular formula is C62H87N11O11. The molecule has 0 aliphatic carbocycles. The Kier molecular flexibility index (Phi) is 21.5. The van der Waals surface area contributed by atoms with Gasteiger partial charge in [0.25, 0.3) is 5.69 Å². The molecule has 0 spiro atoms. The lowest BCUT2D eigenvalue weighted by Gasteiger charge is -2.45. The highest BCUT2D eigenvalue weighted by atomic mass is 16.6. The molecule has 4 aliphatic rings. The number of benzene rings is 3.